The molecule has 4 N–H and O–H groups in total. The molecule has 62 valence electrons. The van der Waals surface area contributed by atoms with Crippen molar-refractivity contribution in [3.8, 4) is 0 Å². The lowest BCUT2D eigenvalue weighted by Crippen LogP contribution is -2.58. The third-order valence-corrected chi connectivity index (χ3v) is 1.29. The molecule has 0 amide bonds. The summed E-state index contributed by atoms with van der Waals surface area (Å²) in [6.45, 7) is 0. The van der Waals surface area contributed by atoms with Gasteiger partial charge in [0.1, 0.15) is 0 Å². The maximum absolute atomic E-state index is 5.46. The fraction of sp³-hybridized carbons (Fsp3) is 1.00. The normalized spacial score (nSPS) is 15.3. The predicted octanol–water partition coefficient (Wildman–Crippen LogP) is -1.18. The molecule has 0 rings (SSSR count). The van der Waals surface area contributed by atoms with Crippen molar-refractivity contribution >= 4 is 0 Å². The van der Waals surface area contributed by atoms with Crippen LogP contribution in [0.1, 0.15) is 0 Å². The van der Waals surface area contributed by atoms with Crippen LogP contribution in [0, 0.1) is 0 Å². The van der Waals surface area contributed by atoms with Gasteiger partial charge in [0.05, 0.1) is 0 Å². The molecule has 0 saturated heterocycles. The van der Waals surface area contributed by atoms with E-state index in [1.807, 2.05) is 0 Å². The second kappa shape index (κ2) is 3.85. The van der Waals surface area contributed by atoms with Gasteiger partial charge in [-0.3, -0.25) is 5.73 Å². The summed E-state index contributed by atoms with van der Waals surface area (Å²) in [5.74, 6) is -1.35. The van der Waals surface area contributed by atoms with E-state index in [0.29, 0.717) is 0 Å². The van der Waals surface area contributed by atoms with Gasteiger partial charge in [-0.05, 0) is 0 Å². The molecule has 0 aromatic heterocycles. The van der Waals surface area contributed by atoms with Crippen molar-refractivity contribution in [1.82, 2.24) is 0 Å². The van der Waals surface area contributed by atoms with Crippen molar-refractivity contribution < 1.29 is 14.2 Å². The average molecular weight is 150 g/mol. The molecule has 0 aliphatic rings. The Hall–Kier alpha value is -0.200. The highest BCUT2D eigenvalue weighted by molar-refractivity contribution is 4.66. The van der Waals surface area contributed by atoms with Gasteiger partial charge in [-0.25, -0.2) is 0 Å². The van der Waals surface area contributed by atoms with Gasteiger partial charge in [0.25, 0.3) is 5.91 Å². The summed E-state index contributed by atoms with van der Waals surface area (Å²) in [5.41, 5.74) is 10.8. The molecule has 0 fully saturated rings. The predicted molar refractivity (Wildman–Crippen MR) is 35.9 cm³/mol. The topological polar surface area (TPSA) is 79.7 Å². The summed E-state index contributed by atoms with van der Waals surface area (Å²) in [6, 6.07) is 0. The SMILES string of the molecule is COC(N)C(N)(OC)OC. The standard InChI is InChI=1S/C5H14N2O3/c1-8-4(6)5(7,9-2)10-3/h4H,6-7H2,1-3H3. The molecule has 0 aliphatic carbocycles. The van der Waals surface area contributed by atoms with Crippen LogP contribution in [0.15, 0.2) is 0 Å². The minimum Gasteiger partial charge on any atom is -0.359 e. The lowest BCUT2D eigenvalue weighted by molar-refractivity contribution is -0.259. The maximum atomic E-state index is 5.46. The van der Waals surface area contributed by atoms with Crippen LogP contribution < -0.4 is 11.5 Å². The van der Waals surface area contributed by atoms with E-state index in [1.54, 1.807) is 0 Å². The third kappa shape index (κ3) is 1.89. The largest absolute Gasteiger partial charge is 0.359 e. The summed E-state index contributed by atoms with van der Waals surface area (Å²) in [4.78, 5) is 0. The van der Waals surface area contributed by atoms with Gasteiger partial charge in [0.15, 0.2) is 6.23 Å². The summed E-state index contributed by atoms with van der Waals surface area (Å²) < 4.78 is 14.2. The van der Waals surface area contributed by atoms with Crippen molar-refractivity contribution in [1.29, 1.82) is 0 Å². The minimum atomic E-state index is -1.35. The number of ether oxygens (including phenoxy) is 3. The first-order chi connectivity index (χ1) is 4.60. The molecule has 0 aromatic carbocycles. The Labute approximate surface area is 60.2 Å². The minimum absolute atomic E-state index is 0.789. The van der Waals surface area contributed by atoms with Crippen LogP contribution in [0.25, 0.3) is 0 Å². The Kier molecular flexibility index (Phi) is 3.77. The van der Waals surface area contributed by atoms with Crippen LogP contribution in [0.4, 0.5) is 0 Å². The van der Waals surface area contributed by atoms with Crippen molar-refractivity contribution in [2.75, 3.05) is 21.3 Å². The molecular formula is C5H14N2O3. The van der Waals surface area contributed by atoms with E-state index in [2.05, 4.69) is 0 Å². The Balaban J connectivity index is 4.02. The Morgan fingerprint density at radius 1 is 1.20 bits per heavy atom. The molecule has 1 unspecified atom stereocenters. The molecule has 10 heavy (non-hydrogen) atoms. The molecule has 0 aliphatic heterocycles. The van der Waals surface area contributed by atoms with Gasteiger partial charge in [0, 0.05) is 21.3 Å². The zero-order valence-corrected chi connectivity index (χ0v) is 6.46. The highest BCUT2D eigenvalue weighted by Gasteiger charge is 2.32. The highest BCUT2D eigenvalue weighted by Crippen LogP contribution is 2.06. The Morgan fingerprint density at radius 2 is 1.60 bits per heavy atom. The van der Waals surface area contributed by atoms with Gasteiger partial charge in [-0.2, -0.15) is 0 Å². The Bertz CT molecular complexity index is 94.9. The van der Waals surface area contributed by atoms with Gasteiger partial charge in [-0.1, -0.05) is 0 Å². The maximum Gasteiger partial charge on any atom is 0.265 e. The smallest absolute Gasteiger partial charge is 0.265 e. The van der Waals surface area contributed by atoms with E-state index in [0.717, 1.165) is 0 Å². The monoisotopic (exact) mass is 150 g/mol. The van der Waals surface area contributed by atoms with E-state index >= 15 is 0 Å². The molecule has 0 aromatic rings. The first-order valence-corrected chi connectivity index (χ1v) is 2.78. The van der Waals surface area contributed by atoms with E-state index in [9.17, 15) is 0 Å². The number of hydrogen-bond acceptors (Lipinski definition) is 5. The number of nitrogens with two attached hydrogens (primary N) is 2. The Morgan fingerprint density at radius 3 is 1.70 bits per heavy atom. The first kappa shape index (κ1) is 9.80. The highest BCUT2D eigenvalue weighted by atomic mass is 16.7. The summed E-state index contributed by atoms with van der Waals surface area (Å²) in [7, 11) is 4.20. The van der Waals surface area contributed by atoms with Crippen LogP contribution in [-0.2, 0) is 14.2 Å². The molecule has 0 bridgehead atoms. The van der Waals surface area contributed by atoms with Gasteiger partial charge >= 0.3 is 0 Å². The molecular weight excluding hydrogens is 136 g/mol. The summed E-state index contributed by atoms with van der Waals surface area (Å²) in [6.07, 6.45) is -0.789. The fourth-order valence-electron chi connectivity index (χ4n) is 0.480. The molecule has 0 spiro atoms. The molecule has 5 heteroatoms. The van der Waals surface area contributed by atoms with E-state index in [1.165, 1.54) is 21.3 Å². The fourth-order valence-corrected chi connectivity index (χ4v) is 0.480. The zero-order chi connectivity index (χ0) is 8.20. The number of rotatable bonds is 4. The van der Waals surface area contributed by atoms with Gasteiger partial charge in [0.2, 0.25) is 0 Å². The van der Waals surface area contributed by atoms with Gasteiger partial charge < -0.3 is 19.9 Å². The van der Waals surface area contributed by atoms with Crippen LogP contribution in [0.3, 0.4) is 0 Å². The summed E-state index contributed by atoms with van der Waals surface area (Å²) in [5, 5.41) is 0. The number of hydrogen-bond donors (Lipinski definition) is 2. The quantitative estimate of drug-likeness (QED) is 0.493. The first-order valence-electron chi connectivity index (χ1n) is 2.78. The van der Waals surface area contributed by atoms with Crippen molar-refractivity contribution in [3.05, 3.63) is 0 Å². The van der Waals surface area contributed by atoms with E-state index < -0.39 is 12.1 Å². The second-order valence-electron chi connectivity index (χ2n) is 1.79. The molecule has 0 saturated carbocycles. The second-order valence-corrected chi connectivity index (χ2v) is 1.79. The zero-order valence-electron chi connectivity index (χ0n) is 6.46. The van der Waals surface area contributed by atoms with Crippen molar-refractivity contribution in [3.63, 3.8) is 0 Å². The lowest BCUT2D eigenvalue weighted by atomic mass is 10.4. The van der Waals surface area contributed by atoms with Crippen LogP contribution in [-0.4, -0.2) is 33.5 Å². The van der Waals surface area contributed by atoms with E-state index in [-0.39, 0.29) is 0 Å². The third-order valence-electron chi connectivity index (χ3n) is 1.29. The van der Waals surface area contributed by atoms with Crippen LogP contribution in [0.5, 0.6) is 0 Å². The van der Waals surface area contributed by atoms with Crippen molar-refractivity contribution in [2.24, 2.45) is 11.5 Å². The molecule has 5 nitrogen and oxygen atoms in total. The van der Waals surface area contributed by atoms with Crippen LogP contribution in [0.2, 0.25) is 0 Å². The van der Waals surface area contributed by atoms with Gasteiger partial charge in [-0.15, -0.1) is 0 Å². The van der Waals surface area contributed by atoms with Crippen LogP contribution >= 0.6 is 0 Å². The lowest BCUT2D eigenvalue weighted by Gasteiger charge is -2.30. The van der Waals surface area contributed by atoms with E-state index in [4.69, 9.17) is 25.7 Å². The molecule has 0 radical (unpaired) electrons. The number of methoxy groups -OCH3 is 3. The summed E-state index contributed by atoms with van der Waals surface area (Å²) >= 11 is 0. The molecule has 1 atom stereocenters. The van der Waals surface area contributed by atoms with Crippen molar-refractivity contribution in [2.45, 2.75) is 12.1 Å². The molecule has 0 heterocycles. The average Bonchev–Trinajstić information content (AvgIpc) is 2.01.